The Balaban J connectivity index is 1.19. The minimum atomic E-state index is -0.224. The SMILES string of the molecule is Fc1ccc2c(c1)sc1cc(-c3nc(-c4ccc5c(c4)sc4ccccc45)cc(-c4ccc5oc6ccccc6c5c4)n3)ccc12. The van der Waals surface area contributed by atoms with Crippen molar-refractivity contribution in [2.24, 2.45) is 0 Å². The Morgan fingerprint density at radius 1 is 0.435 bits per heavy atom. The van der Waals surface area contributed by atoms with Crippen molar-refractivity contribution >= 4 is 85.0 Å². The highest BCUT2D eigenvalue weighted by atomic mass is 32.1. The standard InChI is InChI=1S/C40H21FN2OS2/c41-25-12-15-30-29-14-10-24(19-38(29)46-39(30)20-25)40-42-32(22-11-16-35-31(17-22)26-5-1-3-7-34(26)44-35)21-33(43-40)23-9-13-28-27-6-2-4-8-36(27)45-37(28)18-23/h1-21H. The van der Waals surface area contributed by atoms with Crippen LogP contribution in [-0.4, -0.2) is 9.97 Å². The minimum absolute atomic E-state index is 0.224. The van der Waals surface area contributed by atoms with E-state index in [1.165, 1.54) is 26.2 Å². The number of hydrogen-bond acceptors (Lipinski definition) is 5. The molecule has 0 aliphatic rings. The maximum Gasteiger partial charge on any atom is 0.160 e. The van der Waals surface area contributed by atoms with Crippen LogP contribution in [0.1, 0.15) is 0 Å². The van der Waals surface area contributed by atoms with Gasteiger partial charge in [0.25, 0.3) is 0 Å². The molecule has 10 rings (SSSR count). The van der Waals surface area contributed by atoms with Crippen LogP contribution < -0.4 is 0 Å². The summed E-state index contributed by atoms with van der Waals surface area (Å²) in [6.07, 6.45) is 0. The Morgan fingerprint density at radius 3 is 1.83 bits per heavy atom. The predicted octanol–water partition coefficient (Wildman–Crippen LogP) is 12.3. The normalized spacial score (nSPS) is 12.0. The predicted molar refractivity (Wildman–Crippen MR) is 191 cm³/mol. The number of aromatic nitrogens is 2. The molecule has 0 aliphatic heterocycles. The van der Waals surface area contributed by atoms with Gasteiger partial charge >= 0.3 is 0 Å². The largest absolute Gasteiger partial charge is 0.456 e. The van der Waals surface area contributed by atoms with E-state index in [9.17, 15) is 4.39 Å². The first-order valence-corrected chi connectivity index (χ1v) is 16.6. The first kappa shape index (κ1) is 25.9. The van der Waals surface area contributed by atoms with E-state index in [0.29, 0.717) is 5.82 Å². The summed E-state index contributed by atoms with van der Waals surface area (Å²) in [5, 5.41) is 6.82. The average molecular weight is 629 g/mol. The van der Waals surface area contributed by atoms with Crippen molar-refractivity contribution in [1.82, 2.24) is 9.97 Å². The van der Waals surface area contributed by atoms with Crippen LogP contribution in [0.15, 0.2) is 132 Å². The number of rotatable bonds is 3. The van der Waals surface area contributed by atoms with E-state index in [0.717, 1.165) is 70.2 Å². The Bertz CT molecular complexity index is 2840. The second kappa shape index (κ2) is 9.78. The van der Waals surface area contributed by atoms with Crippen molar-refractivity contribution in [3.05, 3.63) is 133 Å². The topological polar surface area (TPSA) is 38.9 Å². The van der Waals surface area contributed by atoms with Gasteiger partial charge in [0.15, 0.2) is 5.82 Å². The van der Waals surface area contributed by atoms with Crippen LogP contribution in [0.25, 0.3) is 96.2 Å². The van der Waals surface area contributed by atoms with Gasteiger partial charge in [0.05, 0.1) is 11.4 Å². The van der Waals surface area contributed by atoms with E-state index < -0.39 is 0 Å². The third-order valence-corrected chi connectivity index (χ3v) is 11.0. The maximum absolute atomic E-state index is 14.0. The Morgan fingerprint density at radius 2 is 1.00 bits per heavy atom. The molecule has 6 aromatic carbocycles. The lowest BCUT2D eigenvalue weighted by molar-refractivity contribution is 0.630. The highest BCUT2D eigenvalue weighted by Crippen LogP contribution is 2.40. The molecule has 0 amide bonds. The molecule has 4 aromatic heterocycles. The maximum atomic E-state index is 14.0. The van der Waals surface area contributed by atoms with Crippen LogP contribution in [0.5, 0.6) is 0 Å². The summed E-state index contributed by atoms with van der Waals surface area (Å²) in [4.78, 5) is 10.3. The van der Waals surface area contributed by atoms with E-state index in [4.69, 9.17) is 14.4 Å². The molecule has 0 saturated heterocycles. The molecule has 6 heteroatoms. The van der Waals surface area contributed by atoms with Gasteiger partial charge < -0.3 is 4.42 Å². The first-order valence-electron chi connectivity index (χ1n) is 15.0. The number of fused-ring (bicyclic) bond motifs is 9. The number of benzene rings is 6. The second-order valence-corrected chi connectivity index (χ2v) is 13.7. The highest BCUT2D eigenvalue weighted by Gasteiger charge is 2.16. The zero-order valence-corrected chi connectivity index (χ0v) is 25.8. The van der Waals surface area contributed by atoms with Crippen LogP contribution in [0.2, 0.25) is 0 Å². The van der Waals surface area contributed by atoms with Gasteiger partial charge in [0, 0.05) is 67.8 Å². The van der Waals surface area contributed by atoms with Gasteiger partial charge in [-0.15, -0.1) is 22.7 Å². The number of para-hydroxylation sites is 1. The molecule has 0 atom stereocenters. The quantitative estimate of drug-likeness (QED) is 0.195. The van der Waals surface area contributed by atoms with Gasteiger partial charge in [0.2, 0.25) is 0 Å². The minimum Gasteiger partial charge on any atom is -0.456 e. The van der Waals surface area contributed by atoms with E-state index >= 15 is 0 Å². The van der Waals surface area contributed by atoms with Gasteiger partial charge in [0.1, 0.15) is 17.0 Å². The van der Waals surface area contributed by atoms with E-state index in [-0.39, 0.29) is 5.82 Å². The third kappa shape index (κ3) is 4.01. The lowest BCUT2D eigenvalue weighted by Crippen LogP contribution is -1.96. The Hall–Kier alpha value is -5.43. The van der Waals surface area contributed by atoms with Gasteiger partial charge in [-0.05, 0) is 60.7 Å². The fraction of sp³-hybridized carbons (Fsp3) is 0. The molecule has 0 fully saturated rings. The van der Waals surface area contributed by atoms with Gasteiger partial charge in [-0.25, -0.2) is 14.4 Å². The van der Waals surface area contributed by atoms with Crippen molar-refractivity contribution in [3.63, 3.8) is 0 Å². The highest BCUT2D eigenvalue weighted by molar-refractivity contribution is 7.26. The molecule has 216 valence electrons. The summed E-state index contributed by atoms with van der Waals surface area (Å²) >= 11 is 3.39. The number of furan rings is 1. The number of nitrogens with zero attached hydrogens (tertiary/aromatic N) is 2. The molecule has 0 bridgehead atoms. The van der Waals surface area contributed by atoms with Crippen LogP contribution in [0.4, 0.5) is 4.39 Å². The number of halogens is 1. The molecule has 4 heterocycles. The van der Waals surface area contributed by atoms with Crippen molar-refractivity contribution in [2.75, 3.05) is 0 Å². The van der Waals surface area contributed by atoms with Gasteiger partial charge in [-0.1, -0.05) is 66.7 Å². The number of thiophene rings is 2. The molecule has 0 spiro atoms. The summed E-state index contributed by atoms with van der Waals surface area (Å²) in [6.45, 7) is 0. The van der Waals surface area contributed by atoms with Crippen molar-refractivity contribution in [1.29, 1.82) is 0 Å². The van der Waals surface area contributed by atoms with Crippen molar-refractivity contribution in [3.8, 4) is 33.9 Å². The van der Waals surface area contributed by atoms with Crippen molar-refractivity contribution < 1.29 is 8.81 Å². The molecule has 3 nitrogen and oxygen atoms in total. The zero-order valence-electron chi connectivity index (χ0n) is 24.1. The molecule has 0 N–H and O–H groups in total. The third-order valence-electron chi connectivity index (χ3n) is 8.77. The van der Waals surface area contributed by atoms with E-state index in [1.54, 1.807) is 28.7 Å². The lowest BCUT2D eigenvalue weighted by atomic mass is 10.0. The molecule has 10 aromatic rings. The summed E-state index contributed by atoms with van der Waals surface area (Å²) in [5.41, 5.74) is 6.35. The Kier molecular flexibility index (Phi) is 5.50. The molecule has 0 radical (unpaired) electrons. The van der Waals surface area contributed by atoms with Crippen LogP contribution in [-0.2, 0) is 0 Å². The Labute approximate surface area is 269 Å². The van der Waals surface area contributed by atoms with Gasteiger partial charge in [-0.2, -0.15) is 0 Å². The van der Waals surface area contributed by atoms with Crippen molar-refractivity contribution in [2.45, 2.75) is 0 Å². The van der Waals surface area contributed by atoms with Gasteiger partial charge in [-0.3, -0.25) is 0 Å². The molecular formula is C40H21FN2OS2. The van der Waals surface area contributed by atoms with Crippen LogP contribution in [0, 0.1) is 5.82 Å². The van der Waals surface area contributed by atoms with E-state index in [1.807, 2.05) is 30.3 Å². The monoisotopic (exact) mass is 628 g/mol. The molecule has 0 aliphatic carbocycles. The number of hydrogen-bond donors (Lipinski definition) is 0. The summed E-state index contributed by atoms with van der Waals surface area (Å²) < 4.78 is 24.6. The molecule has 0 unspecified atom stereocenters. The summed E-state index contributed by atoms with van der Waals surface area (Å²) in [7, 11) is 0. The summed E-state index contributed by atoms with van der Waals surface area (Å²) in [5.74, 6) is 0.421. The lowest BCUT2D eigenvalue weighted by Gasteiger charge is -2.10. The molecule has 46 heavy (non-hydrogen) atoms. The van der Waals surface area contributed by atoms with Crippen LogP contribution in [0.3, 0.4) is 0 Å². The van der Waals surface area contributed by atoms with Crippen LogP contribution >= 0.6 is 22.7 Å². The van der Waals surface area contributed by atoms with E-state index in [2.05, 4.69) is 84.9 Å². The zero-order chi connectivity index (χ0) is 30.4. The molecule has 0 saturated carbocycles. The summed E-state index contributed by atoms with van der Waals surface area (Å²) in [6, 6.07) is 42.9. The first-order chi connectivity index (χ1) is 22.6. The molecular weight excluding hydrogens is 608 g/mol. The average Bonchev–Trinajstić information content (AvgIpc) is 3.77. The fourth-order valence-corrected chi connectivity index (χ4v) is 8.85. The second-order valence-electron chi connectivity index (χ2n) is 11.5. The smallest absolute Gasteiger partial charge is 0.160 e. The fourth-order valence-electron chi connectivity index (χ4n) is 6.53.